The molecular formula is C16H18FNO. The number of nitrogens with one attached hydrogen (secondary N) is 1. The Morgan fingerprint density at radius 3 is 2.58 bits per heavy atom. The molecule has 3 heteroatoms. The number of hydrogen-bond donors (Lipinski definition) is 2. The number of benzene rings is 2. The predicted molar refractivity (Wildman–Crippen MR) is 74.4 cm³/mol. The maximum atomic E-state index is 13.1. The van der Waals surface area contributed by atoms with Gasteiger partial charge in [-0.05, 0) is 48.4 Å². The Bertz CT molecular complexity index is 568. The smallest absolute Gasteiger partial charge is 0.123 e. The van der Waals surface area contributed by atoms with Crippen LogP contribution in [-0.2, 0) is 6.54 Å². The Kier molecular flexibility index (Phi) is 4.30. The number of rotatable bonds is 4. The highest BCUT2D eigenvalue weighted by molar-refractivity contribution is 5.39. The molecule has 2 aromatic carbocycles. The van der Waals surface area contributed by atoms with E-state index < -0.39 is 6.10 Å². The molecule has 0 saturated carbocycles. The van der Waals surface area contributed by atoms with Gasteiger partial charge in [0.2, 0.25) is 0 Å². The molecule has 0 aliphatic heterocycles. The van der Waals surface area contributed by atoms with Crippen LogP contribution in [0.15, 0.2) is 42.5 Å². The highest BCUT2D eigenvalue weighted by Gasteiger charge is 2.16. The second-order valence-electron chi connectivity index (χ2n) is 4.63. The first-order valence-corrected chi connectivity index (χ1v) is 6.30. The zero-order valence-corrected chi connectivity index (χ0v) is 11.2. The van der Waals surface area contributed by atoms with Crippen LogP contribution in [0.1, 0.15) is 28.4 Å². The molecule has 2 rings (SSSR count). The van der Waals surface area contributed by atoms with Gasteiger partial charge in [0.05, 0.1) is 0 Å². The van der Waals surface area contributed by atoms with E-state index in [0.717, 1.165) is 22.3 Å². The lowest BCUT2D eigenvalue weighted by molar-refractivity contribution is 0.218. The fourth-order valence-electron chi connectivity index (χ4n) is 2.27. The van der Waals surface area contributed by atoms with E-state index in [0.29, 0.717) is 6.54 Å². The van der Waals surface area contributed by atoms with Crippen molar-refractivity contribution in [3.05, 3.63) is 70.5 Å². The van der Waals surface area contributed by atoms with Gasteiger partial charge in [-0.3, -0.25) is 0 Å². The SMILES string of the molecule is CNCc1ccccc1C(O)c1ccc(F)cc1C. The summed E-state index contributed by atoms with van der Waals surface area (Å²) in [6.07, 6.45) is -0.731. The van der Waals surface area contributed by atoms with Crippen molar-refractivity contribution in [1.29, 1.82) is 0 Å². The first-order chi connectivity index (χ1) is 9.13. The Morgan fingerprint density at radius 2 is 1.89 bits per heavy atom. The molecule has 0 spiro atoms. The van der Waals surface area contributed by atoms with Gasteiger partial charge in [0.15, 0.2) is 0 Å². The van der Waals surface area contributed by atoms with Crippen LogP contribution in [0.3, 0.4) is 0 Å². The Balaban J connectivity index is 2.41. The zero-order chi connectivity index (χ0) is 13.8. The molecular weight excluding hydrogens is 241 g/mol. The molecule has 0 fully saturated rings. The van der Waals surface area contributed by atoms with Gasteiger partial charge in [-0.1, -0.05) is 30.3 Å². The fraction of sp³-hybridized carbons (Fsp3) is 0.250. The van der Waals surface area contributed by atoms with Crippen LogP contribution in [0.2, 0.25) is 0 Å². The van der Waals surface area contributed by atoms with Crippen molar-refractivity contribution >= 4 is 0 Å². The van der Waals surface area contributed by atoms with Gasteiger partial charge >= 0.3 is 0 Å². The second kappa shape index (κ2) is 5.95. The second-order valence-corrected chi connectivity index (χ2v) is 4.63. The normalized spacial score (nSPS) is 12.4. The van der Waals surface area contributed by atoms with Crippen LogP contribution in [0.5, 0.6) is 0 Å². The fourth-order valence-corrected chi connectivity index (χ4v) is 2.27. The highest BCUT2D eigenvalue weighted by Crippen LogP contribution is 2.27. The topological polar surface area (TPSA) is 32.3 Å². The standard InChI is InChI=1S/C16H18FNO/c1-11-9-13(17)7-8-14(11)16(19)15-6-4-3-5-12(15)10-18-2/h3-9,16,18-19H,10H2,1-2H3. The summed E-state index contributed by atoms with van der Waals surface area (Å²) < 4.78 is 13.1. The minimum absolute atomic E-state index is 0.281. The van der Waals surface area contributed by atoms with Gasteiger partial charge in [-0.2, -0.15) is 0 Å². The molecule has 0 saturated heterocycles. The summed E-state index contributed by atoms with van der Waals surface area (Å²) in [6, 6.07) is 12.2. The van der Waals surface area contributed by atoms with E-state index in [1.807, 2.05) is 38.2 Å². The number of halogens is 1. The summed E-state index contributed by atoms with van der Waals surface area (Å²) in [5.74, 6) is -0.281. The molecule has 0 aromatic heterocycles. The van der Waals surface area contributed by atoms with Crippen molar-refractivity contribution < 1.29 is 9.50 Å². The van der Waals surface area contributed by atoms with Crippen LogP contribution in [0, 0.1) is 12.7 Å². The van der Waals surface area contributed by atoms with Gasteiger partial charge in [-0.15, -0.1) is 0 Å². The predicted octanol–water partition coefficient (Wildman–Crippen LogP) is 2.94. The average molecular weight is 259 g/mol. The number of aryl methyl sites for hydroxylation is 1. The van der Waals surface area contributed by atoms with Crippen LogP contribution in [-0.4, -0.2) is 12.2 Å². The van der Waals surface area contributed by atoms with E-state index in [1.165, 1.54) is 12.1 Å². The summed E-state index contributed by atoms with van der Waals surface area (Å²) in [5, 5.41) is 13.6. The van der Waals surface area contributed by atoms with Crippen LogP contribution in [0.25, 0.3) is 0 Å². The third-order valence-corrected chi connectivity index (χ3v) is 3.24. The van der Waals surface area contributed by atoms with Crippen LogP contribution in [0.4, 0.5) is 4.39 Å². The first-order valence-electron chi connectivity index (χ1n) is 6.30. The summed E-state index contributed by atoms with van der Waals surface area (Å²) >= 11 is 0. The lowest BCUT2D eigenvalue weighted by Crippen LogP contribution is -2.11. The van der Waals surface area contributed by atoms with Gasteiger partial charge < -0.3 is 10.4 Å². The molecule has 0 aliphatic carbocycles. The Labute approximate surface area is 112 Å². The molecule has 2 nitrogen and oxygen atoms in total. The van der Waals surface area contributed by atoms with E-state index in [-0.39, 0.29) is 5.82 Å². The van der Waals surface area contributed by atoms with Gasteiger partial charge in [-0.25, -0.2) is 4.39 Å². The molecule has 1 unspecified atom stereocenters. The van der Waals surface area contributed by atoms with Crippen molar-refractivity contribution in [1.82, 2.24) is 5.32 Å². The number of hydrogen-bond acceptors (Lipinski definition) is 2. The molecule has 0 amide bonds. The zero-order valence-electron chi connectivity index (χ0n) is 11.2. The molecule has 19 heavy (non-hydrogen) atoms. The van der Waals surface area contributed by atoms with E-state index in [1.54, 1.807) is 6.07 Å². The molecule has 0 heterocycles. The molecule has 2 N–H and O–H groups in total. The maximum absolute atomic E-state index is 13.1. The quantitative estimate of drug-likeness (QED) is 0.884. The molecule has 1 atom stereocenters. The van der Waals surface area contributed by atoms with Crippen molar-refractivity contribution in [2.45, 2.75) is 19.6 Å². The van der Waals surface area contributed by atoms with Gasteiger partial charge in [0.1, 0.15) is 11.9 Å². The van der Waals surface area contributed by atoms with Crippen LogP contribution < -0.4 is 5.32 Å². The number of aliphatic hydroxyl groups is 1. The Hall–Kier alpha value is -1.71. The largest absolute Gasteiger partial charge is 0.384 e. The third kappa shape index (κ3) is 3.00. The minimum Gasteiger partial charge on any atom is -0.384 e. The first kappa shape index (κ1) is 13.7. The molecule has 100 valence electrons. The molecule has 0 radical (unpaired) electrons. The lowest BCUT2D eigenvalue weighted by atomic mass is 9.94. The summed E-state index contributed by atoms with van der Waals surface area (Å²) in [7, 11) is 1.87. The number of aliphatic hydroxyl groups excluding tert-OH is 1. The monoisotopic (exact) mass is 259 g/mol. The average Bonchev–Trinajstić information content (AvgIpc) is 2.39. The van der Waals surface area contributed by atoms with Crippen LogP contribution >= 0.6 is 0 Å². The minimum atomic E-state index is -0.731. The van der Waals surface area contributed by atoms with Gasteiger partial charge in [0, 0.05) is 6.54 Å². The third-order valence-electron chi connectivity index (χ3n) is 3.24. The highest BCUT2D eigenvalue weighted by atomic mass is 19.1. The molecule has 2 aromatic rings. The summed E-state index contributed by atoms with van der Waals surface area (Å²) in [6.45, 7) is 2.50. The van der Waals surface area contributed by atoms with Crippen molar-refractivity contribution in [2.75, 3.05) is 7.05 Å². The summed E-state index contributed by atoms with van der Waals surface area (Å²) in [4.78, 5) is 0. The van der Waals surface area contributed by atoms with Gasteiger partial charge in [0.25, 0.3) is 0 Å². The van der Waals surface area contributed by atoms with E-state index in [9.17, 15) is 9.50 Å². The van der Waals surface area contributed by atoms with E-state index in [4.69, 9.17) is 0 Å². The lowest BCUT2D eigenvalue weighted by Gasteiger charge is -2.17. The molecule has 0 bridgehead atoms. The van der Waals surface area contributed by atoms with Crippen molar-refractivity contribution in [2.24, 2.45) is 0 Å². The van der Waals surface area contributed by atoms with Crippen molar-refractivity contribution in [3.8, 4) is 0 Å². The van der Waals surface area contributed by atoms with E-state index in [2.05, 4.69) is 5.32 Å². The maximum Gasteiger partial charge on any atom is 0.123 e. The summed E-state index contributed by atoms with van der Waals surface area (Å²) in [5.41, 5.74) is 3.39. The van der Waals surface area contributed by atoms with E-state index >= 15 is 0 Å². The van der Waals surface area contributed by atoms with Crippen molar-refractivity contribution in [3.63, 3.8) is 0 Å². The molecule has 0 aliphatic rings. The Morgan fingerprint density at radius 1 is 1.16 bits per heavy atom.